The van der Waals surface area contributed by atoms with Crippen LogP contribution in [0, 0.1) is 0 Å². The van der Waals surface area contributed by atoms with Gasteiger partial charge in [0.25, 0.3) is 0 Å². The van der Waals surface area contributed by atoms with Crippen LogP contribution in [0.3, 0.4) is 0 Å². The molecule has 0 amide bonds. The quantitative estimate of drug-likeness (QED) is 0.566. The van der Waals surface area contributed by atoms with E-state index in [9.17, 15) is 0 Å². The normalized spacial score (nSPS) is 12.2. The summed E-state index contributed by atoms with van der Waals surface area (Å²) < 4.78 is 0. The summed E-state index contributed by atoms with van der Waals surface area (Å²) in [4.78, 5) is 8.87. The Kier molecular flexibility index (Phi) is 1.90. The molecule has 0 aromatic carbocycles. The summed E-state index contributed by atoms with van der Waals surface area (Å²) in [6.45, 7) is 4.27. The van der Waals surface area contributed by atoms with Gasteiger partial charge in [0.15, 0.2) is 0 Å². The molecule has 2 aromatic heterocycles. The van der Waals surface area contributed by atoms with Gasteiger partial charge < -0.3 is 0 Å². The van der Waals surface area contributed by atoms with Crippen LogP contribution in [-0.2, 0) is 0 Å². The van der Waals surface area contributed by atoms with Crippen molar-refractivity contribution in [3.05, 3.63) is 53.4 Å². The fourth-order valence-electron chi connectivity index (χ4n) is 2.28. The van der Waals surface area contributed by atoms with Crippen molar-refractivity contribution in [3.8, 4) is 11.4 Å². The molecule has 0 saturated carbocycles. The van der Waals surface area contributed by atoms with E-state index in [0.717, 1.165) is 11.4 Å². The molecule has 0 fully saturated rings. The number of hydrogen-bond acceptors (Lipinski definition) is 2. The van der Waals surface area contributed by atoms with E-state index in [1.165, 1.54) is 22.3 Å². The van der Waals surface area contributed by atoms with Crippen LogP contribution < -0.4 is 0 Å². The molecule has 0 N–H and O–H groups in total. The van der Waals surface area contributed by atoms with E-state index >= 15 is 0 Å². The summed E-state index contributed by atoms with van der Waals surface area (Å²) in [7, 11) is 0. The van der Waals surface area contributed by atoms with Crippen LogP contribution in [0.25, 0.3) is 17.0 Å². The Morgan fingerprint density at radius 2 is 1.38 bits per heavy atom. The van der Waals surface area contributed by atoms with Crippen LogP contribution in [0.15, 0.2) is 42.2 Å². The molecule has 0 radical (unpaired) electrons. The molecular formula is C14H12N2. The molecule has 0 saturated heterocycles. The van der Waals surface area contributed by atoms with Crippen molar-refractivity contribution in [2.45, 2.75) is 13.8 Å². The van der Waals surface area contributed by atoms with E-state index in [0.29, 0.717) is 0 Å². The van der Waals surface area contributed by atoms with E-state index in [2.05, 4.69) is 35.9 Å². The zero-order chi connectivity index (χ0) is 11.1. The van der Waals surface area contributed by atoms with Crippen molar-refractivity contribution in [2.75, 3.05) is 0 Å². The Morgan fingerprint density at radius 1 is 0.875 bits per heavy atom. The zero-order valence-electron chi connectivity index (χ0n) is 9.36. The van der Waals surface area contributed by atoms with Crippen LogP contribution in [0.1, 0.15) is 25.0 Å². The number of hydrogen-bond donors (Lipinski definition) is 0. The minimum absolute atomic E-state index is 1.01. The van der Waals surface area contributed by atoms with Crippen molar-refractivity contribution >= 4 is 5.57 Å². The van der Waals surface area contributed by atoms with Crippen LogP contribution in [0.2, 0.25) is 0 Å². The first kappa shape index (κ1) is 9.28. The van der Waals surface area contributed by atoms with Gasteiger partial charge in [0.05, 0.1) is 11.4 Å². The third-order valence-electron chi connectivity index (χ3n) is 2.88. The lowest BCUT2D eigenvalue weighted by atomic mass is 10.0. The number of allylic oxidation sites excluding steroid dienone is 1. The third-order valence-corrected chi connectivity index (χ3v) is 2.88. The van der Waals surface area contributed by atoms with Gasteiger partial charge in [-0.1, -0.05) is 17.7 Å². The lowest BCUT2D eigenvalue weighted by Crippen LogP contribution is -1.84. The van der Waals surface area contributed by atoms with Gasteiger partial charge in [-0.25, -0.2) is 0 Å². The lowest BCUT2D eigenvalue weighted by molar-refractivity contribution is 1.26. The van der Waals surface area contributed by atoms with Gasteiger partial charge in [-0.15, -0.1) is 0 Å². The smallest absolute Gasteiger partial charge is 0.0970 e. The van der Waals surface area contributed by atoms with E-state index in [1.54, 1.807) is 0 Å². The molecule has 2 heterocycles. The van der Waals surface area contributed by atoms with Gasteiger partial charge in [-0.05, 0) is 31.6 Å². The molecule has 78 valence electrons. The highest BCUT2D eigenvalue weighted by atomic mass is 14.8. The van der Waals surface area contributed by atoms with Crippen molar-refractivity contribution in [3.63, 3.8) is 0 Å². The zero-order valence-corrected chi connectivity index (χ0v) is 9.36. The first-order valence-corrected chi connectivity index (χ1v) is 5.37. The van der Waals surface area contributed by atoms with Gasteiger partial charge in [-0.3, -0.25) is 9.97 Å². The number of nitrogens with zero attached hydrogens (tertiary/aromatic N) is 2. The molecule has 16 heavy (non-hydrogen) atoms. The largest absolute Gasteiger partial charge is 0.254 e. The average molecular weight is 208 g/mol. The second-order valence-electron chi connectivity index (χ2n) is 4.17. The maximum atomic E-state index is 4.44. The molecule has 3 rings (SSSR count). The molecule has 0 spiro atoms. The highest BCUT2D eigenvalue weighted by Crippen LogP contribution is 2.42. The molecule has 1 aliphatic rings. The molecule has 0 bridgehead atoms. The lowest BCUT2D eigenvalue weighted by Gasteiger charge is -2.03. The highest BCUT2D eigenvalue weighted by Gasteiger charge is 2.25. The molecule has 0 atom stereocenters. The third kappa shape index (κ3) is 1.13. The molecule has 0 unspecified atom stereocenters. The van der Waals surface area contributed by atoms with Gasteiger partial charge in [-0.2, -0.15) is 0 Å². The SMILES string of the molecule is CC(C)=C1c2cccnc2-c2ncccc21. The summed E-state index contributed by atoms with van der Waals surface area (Å²) >= 11 is 0. The van der Waals surface area contributed by atoms with E-state index in [4.69, 9.17) is 0 Å². The predicted molar refractivity (Wildman–Crippen MR) is 64.8 cm³/mol. The summed E-state index contributed by atoms with van der Waals surface area (Å²) in [5, 5.41) is 0. The molecular weight excluding hydrogens is 196 g/mol. The van der Waals surface area contributed by atoms with Crippen LogP contribution in [-0.4, -0.2) is 9.97 Å². The number of fused-ring (bicyclic) bond motifs is 3. The molecule has 2 heteroatoms. The Bertz CT molecular complexity index is 546. The predicted octanol–water partition coefficient (Wildman–Crippen LogP) is 3.30. The van der Waals surface area contributed by atoms with Crippen molar-refractivity contribution in [1.82, 2.24) is 9.97 Å². The number of rotatable bonds is 0. The number of aromatic nitrogens is 2. The number of pyridine rings is 2. The van der Waals surface area contributed by atoms with Crippen molar-refractivity contribution in [1.29, 1.82) is 0 Å². The topological polar surface area (TPSA) is 25.8 Å². The first-order chi connectivity index (χ1) is 7.79. The van der Waals surface area contributed by atoms with Crippen molar-refractivity contribution in [2.24, 2.45) is 0 Å². The Morgan fingerprint density at radius 3 is 1.81 bits per heavy atom. The second-order valence-corrected chi connectivity index (χ2v) is 4.17. The monoisotopic (exact) mass is 208 g/mol. The molecule has 1 aliphatic carbocycles. The highest BCUT2D eigenvalue weighted by molar-refractivity contribution is 5.99. The van der Waals surface area contributed by atoms with E-state index < -0.39 is 0 Å². The summed E-state index contributed by atoms with van der Waals surface area (Å²) in [6.07, 6.45) is 3.65. The van der Waals surface area contributed by atoms with E-state index in [1.807, 2.05) is 24.5 Å². The second kappa shape index (κ2) is 3.27. The summed E-state index contributed by atoms with van der Waals surface area (Å²) in [5.41, 5.74) is 7.02. The standard InChI is InChI=1S/C14H12N2/c1-9(2)12-10-5-3-7-15-13(10)14-11(12)6-4-8-16-14/h3-8H,1-2H3. The fourth-order valence-corrected chi connectivity index (χ4v) is 2.28. The van der Waals surface area contributed by atoms with Crippen LogP contribution in [0.5, 0.6) is 0 Å². The van der Waals surface area contributed by atoms with Crippen molar-refractivity contribution < 1.29 is 0 Å². The molecule has 2 nitrogen and oxygen atoms in total. The Hall–Kier alpha value is -1.96. The van der Waals surface area contributed by atoms with Crippen LogP contribution >= 0.6 is 0 Å². The summed E-state index contributed by atoms with van der Waals surface area (Å²) in [6, 6.07) is 8.19. The summed E-state index contributed by atoms with van der Waals surface area (Å²) in [5.74, 6) is 0. The minimum atomic E-state index is 1.01. The molecule has 0 aliphatic heterocycles. The van der Waals surface area contributed by atoms with Gasteiger partial charge in [0.1, 0.15) is 0 Å². The average Bonchev–Trinajstić information content (AvgIpc) is 2.63. The first-order valence-electron chi connectivity index (χ1n) is 5.37. The Balaban J connectivity index is 2.44. The maximum Gasteiger partial charge on any atom is 0.0970 e. The van der Waals surface area contributed by atoms with Crippen LogP contribution in [0.4, 0.5) is 0 Å². The Labute approximate surface area is 94.7 Å². The van der Waals surface area contributed by atoms with Gasteiger partial charge in [0, 0.05) is 23.5 Å². The molecule has 2 aromatic rings. The maximum absolute atomic E-state index is 4.44. The van der Waals surface area contributed by atoms with E-state index in [-0.39, 0.29) is 0 Å². The van der Waals surface area contributed by atoms with Gasteiger partial charge >= 0.3 is 0 Å². The fraction of sp³-hybridized carbons (Fsp3) is 0.143. The van der Waals surface area contributed by atoms with Gasteiger partial charge in [0.2, 0.25) is 0 Å². The minimum Gasteiger partial charge on any atom is -0.254 e.